The number of benzene rings is 1. The summed E-state index contributed by atoms with van der Waals surface area (Å²) in [6, 6.07) is 8.73. The summed E-state index contributed by atoms with van der Waals surface area (Å²) in [5.74, 6) is -0.0866. The first-order chi connectivity index (χ1) is 11.0. The molecule has 1 aromatic carbocycles. The lowest BCUT2D eigenvalue weighted by Gasteiger charge is -2.40. The van der Waals surface area contributed by atoms with Crippen LogP contribution in [-0.2, 0) is 16.0 Å². The van der Waals surface area contributed by atoms with Crippen LogP contribution in [0, 0.1) is 6.92 Å². The molecular formula is C20H30ClNO2. The second kappa shape index (κ2) is 9.85. The molecule has 4 heteroatoms. The second-order valence-electron chi connectivity index (χ2n) is 6.98. The molecule has 24 heavy (non-hydrogen) atoms. The topological polar surface area (TPSA) is 26.3 Å². The SMILES string of the molecule is COC(=O)C[N+]1(C/C=C(\C)Cc2ccc(C)cc2)CCCCC1.[Cl-]. The monoisotopic (exact) mass is 351 g/mol. The summed E-state index contributed by atoms with van der Waals surface area (Å²) >= 11 is 0. The fourth-order valence-electron chi connectivity index (χ4n) is 3.38. The fraction of sp³-hybridized carbons (Fsp3) is 0.550. The number of ether oxygens (including phenoxy) is 1. The van der Waals surface area contributed by atoms with Crippen molar-refractivity contribution < 1.29 is 26.4 Å². The van der Waals surface area contributed by atoms with Crippen molar-refractivity contribution in [2.75, 3.05) is 33.3 Å². The van der Waals surface area contributed by atoms with Crippen molar-refractivity contribution in [3.05, 3.63) is 47.0 Å². The third kappa shape index (κ3) is 6.29. The number of aryl methyl sites for hydroxylation is 1. The number of rotatable bonds is 6. The molecule has 0 aliphatic carbocycles. The molecule has 0 unspecified atom stereocenters. The summed E-state index contributed by atoms with van der Waals surface area (Å²) in [5.41, 5.74) is 4.02. The lowest BCUT2D eigenvalue weighted by Crippen LogP contribution is -3.00. The predicted molar refractivity (Wildman–Crippen MR) is 94.2 cm³/mol. The molecule has 1 aliphatic rings. The number of esters is 1. The molecule has 0 N–H and O–H groups in total. The van der Waals surface area contributed by atoms with Crippen LogP contribution in [0.3, 0.4) is 0 Å². The van der Waals surface area contributed by atoms with Gasteiger partial charge in [-0.05, 0) is 51.2 Å². The largest absolute Gasteiger partial charge is 1.00 e. The minimum absolute atomic E-state index is 0. The maximum Gasteiger partial charge on any atom is 0.361 e. The van der Waals surface area contributed by atoms with E-state index in [9.17, 15) is 4.79 Å². The van der Waals surface area contributed by atoms with Gasteiger partial charge >= 0.3 is 5.97 Å². The fourth-order valence-corrected chi connectivity index (χ4v) is 3.38. The molecule has 0 aromatic heterocycles. The van der Waals surface area contributed by atoms with Gasteiger partial charge in [0.25, 0.3) is 0 Å². The number of piperidine rings is 1. The van der Waals surface area contributed by atoms with Gasteiger partial charge in [-0.3, -0.25) is 0 Å². The van der Waals surface area contributed by atoms with Gasteiger partial charge in [-0.1, -0.05) is 35.4 Å². The number of methoxy groups -OCH3 is 1. The normalized spacial score (nSPS) is 17.0. The number of carbonyl (C=O) groups excluding carboxylic acids is 1. The van der Waals surface area contributed by atoms with Crippen molar-refractivity contribution >= 4 is 5.97 Å². The Labute approximate surface area is 152 Å². The molecule has 1 aliphatic heterocycles. The first-order valence-corrected chi connectivity index (χ1v) is 8.66. The highest BCUT2D eigenvalue weighted by molar-refractivity contribution is 5.70. The summed E-state index contributed by atoms with van der Waals surface area (Å²) < 4.78 is 5.78. The first kappa shape index (κ1) is 20.7. The highest BCUT2D eigenvalue weighted by Crippen LogP contribution is 2.20. The highest BCUT2D eigenvalue weighted by Gasteiger charge is 2.31. The highest BCUT2D eigenvalue weighted by atomic mass is 35.5. The van der Waals surface area contributed by atoms with Gasteiger partial charge in [-0.2, -0.15) is 0 Å². The van der Waals surface area contributed by atoms with E-state index in [1.807, 2.05) is 0 Å². The van der Waals surface area contributed by atoms with E-state index >= 15 is 0 Å². The van der Waals surface area contributed by atoms with Crippen LogP contribution in [0.25, 0.3) is 0 Å². The number of allylic oxidation sites excluding steroid dienone is 1. The van der Waals surface area contributed by atoms with Crippen LogP contribution in [0.2, 0.25) is 0 Å². The minimum Gasteiger partial charge on any atom is -1.00 e. The van der Waals surface area contributed by atoms with E-state index in [1.165, 1.54) is 43.1 Å². The number of carbonyl (C=O) groups is 1. The molecule has 0 saturated carbocycles. The number of likely N-dealkylation sites (tertiary alicyclic amines) is 1. The molecule has 1 heterocycles. The van der Waals surface area contributed by atoms with E-state index in [1.54, 1.807) is 0 Å². The van der Waals surface area contributed by atoms with E-state index in [0.29, 0.717) is 6.54 Å². The molecule has 1 fully saturated rings. The van der Waals surface area contributed by atoms with Gasteiger partial charge < -0.3 is 21.6 Å². The molecule has 2 rings (SSSR count). The molecule has 0 bridgehead atoms. The molecule has 0 amide bonds. The Kier molecular flexibility index (Phi) is 8.51. The Hall–Kier alpha value is -1.32. The zero-order valence-electron chi connectivity index (χ0n) is 15.2. The van der Waals surface area contributed by atoms with E-state index in [2.05, 4.69) is 44.2 Å². The molecule has 0 atom stereocenters. The van der Waals surface area contributed by atoms with Crippen LogP contribution < -0.4 is 12.4 Å². The average molecular weight is 352 g/mol. The average Bonchev–Trinajstić information content (AvgIpc) is 2.56. The van der Waals surface area contributed by atoms with Crippen LogP contribution >= 0.6 is 0 Å². The molecule has 1 aromatic rings. The predicted octanol–water partition coefficient (Wildman–Crippen LogP) is 0.662. The Balaban J connectivity index is 0.00000288. The van der Waals surface area contributed by atoms with E-state index in [4.69, 9.17) is 4.74 Å². The zero-order chi connectivity index (χ0) is 16.7. The van der Waals surface area contributed by atoms with Crippen molar-refractivity contribution in [2.45, 2.75) is 39.5 Å². The lowest BCUT2D eigenvalue weighted by atomic mass is 10.0. The molecule has 0 radical (unpaired) electrons. The third-order valence-corrected chi connectivity index (χ3v) is 4.89. The Morgan fingerprint density at radius 3 is 2.38 bits per heavy atom. The molecule has 134 valence electrons. The summed E-state index contributed by atoms with van der Waals surface area (Å²) in [4.78, 5) is 11.8. The van der Waals surface area contributed by atoms with Crippen molar-refractivity contribution in [1.82, 2.24) is 0 Å². The maximum atomic E-state index is 11.8. The number of nitrogens with zero attached hydrogens (tertiary/aromatic N) is 1. The Morgan fingerprint density at radius 1 is 1.17 bits per heavy atom. The number of quaternary nitrogens is 1. The van der Waals surface area contributed by atoms with Gasteiger partial charge in [0.2, 0.25) is 0 Å². The molecule has 0 spiro atoms. The standard InChI is InChI=1S/C20H30NO2.ClH/c1-17-7-9-19(10-8-17)15-18(2)11-14-21(16-20(22)23-3)12-5-4-6-13-21;/h7-11H,4-6,12-16H2,1-3H3;1H/q+1;/p-1/b18-11+;. The molecule has 3 nitrogen and oxygen atoms in total. The summed E-state index contributed by atoms with van der Waals surface area (Å²) in [7, 11) is 1.49. The van der Waals surface area contributed by atoms with Crippen molar-refractivity contribution in [3.8, 4) is 0 Å². The smallest absolute Gasteiger partial charge is 0.361 e. The van der Waals surface area contributed by atoms with Gasteiger partial charge in [0.1, 0.15) is 0 Å². The van der Waals surface area contributed by atoms with E-state index in [0.717, 1.165) is 30.5 Å². The van der Waals surface area contributed by atoms with Crippen molar-refractivity contribution in [3.63, 3.8) is 0 Å². The summed E-state index contributed by atoms with van der Waals surface area (Å²) in [6.07, 6.45) is 7.02. The first-order valence-electron chi connectivity index (χ1n) is 8.66. The molecule has 1 saturated heterocycles. The Bertz CT molecular complexity index is 545. The molecular weight excluding hydrogens is 322 g/mol. The Morgan fingerprint density at radius 2 is 1.79 bits per heavy atom. The lowest BCUT2D eigenvalue weighted by molar-refractivity contribution is -0.920. The third-order valence-electron chi connectivity index (χ3n) is 4.89. The summed E-state index contributed by atoms with van der Waals surface area (Å²) in [5, 5.41) is 0. The second-order valence-corrected chi connectivity index (χ2v) is 6.98. The zero-order valence-corrected chi connectivity index (χ0v) is 15.9. The maximum absolute atomic E-state index is 11.8. The van der Waals surface area contributed by atoms with E-state index < -0.39 is 0 Å². The number of halogens is 1. The summed E-state index contributed by atoms with van der Waals surface area (Å²) in [6.45, 7) is 7.92. The van der Waals surface area contributed by atoms with Gasteiger partial charge in [0.15, 0.2) is 6.54 Å². The van der Waals surface area contributed by atoms with Gasteiger partial charge in [0, 0.05) is 0 Å². The van der Waals surface area contributed by atoms with Crippen LogP contribution in [0.15, 0.2) is 35.9 Å². The number of hydrogen-bond donors (Lipinski definition) is 0. The van der Waals surface area contributed by atoms with E-state index in [-0.39, 0.29) is 18.4 Å². The van der Waals surface area contributed by atoms with Crippen molar-refractivity contribution in [2.24, 2.45) is 0 Å². The van der Waals surface area contributed by atoms with Crippen LogP contribution in [0.4, 0.5) is 0 Å². The van der Waals surface area contributed by atoms with Crippen molar-refractivity contribution in [1.29, 1.82) is 0 Å². The number of hydrogen-bond acceptors (Lipinski definition) is 2. The van der Waals surface area contributed by atoms with Gasteiger partial charge in [-0.25, -0.2) is 4.79 Å². The van der Waals surface area contributed by atoms with Crippen LogP contribution in [0.1, 0.15) is 37.3 Å². The van der Waals surface area contributed by atoms with Crippen LogP contribution in [0.5, 0.6) is 0 Å². The minimum atomic E-state index is -0.0866. The van der Waals surface area contributed by atoms with Crippen LogP contribution in [-0.4, -0.2) is 43.7 Å². The van der Waals surface area contributed by atoms with Gasteiger partial charge in [-0.15, -0.1) is 0 Å². The van der Waals surface area contributed by atoms with Gasteiger partial charge in [0.05, 0.1) is 26.7 Å². The quantitative estimate of drug-likeness (QED) is 0.427.